The maximum Gasteiger partial charge on any atom is 0.260 e. The number of carbonyl (C=O) groups excluding carboxylic acids is 2. The van der Waals surface area contributed by atoms with E-state index in [0.29, 0.717) is 29.2 Å². The molecule has 0 N–H and O–H groups in total. The van der Waals surface area contributed by atoms with Gasteiger partial charge >= 0.3 is 0 Å². The van der Waals surface area contributed by atoms with Gasteiger partial charge < -0.3 is 19.3 Å². The van der Waals surface area contributed by atoms with Gasteiger partial charge in [-0.3, -0.25) is 9.59 Å². The third-order valence-corrected chi connectivity index (χ3v) is 4.31. The minimum Gasteiger partial charge on any atom is -0.472 e. The molecule has 6 heteroatoms. The van der Waals surface area contributed by atoms with E-state index in [4.69, 9.17) is 9.47 Å². The van der Waals surface area contributed by atoms with Crippen LogP contribution in [0.2, 0.25) is 0 Å². The van der Waals surface area contributed by atoms with Crippen molar-refractivity contribution >= 4 is 11.8 Å². The molecule has 0 spiro atoms. The number of fused-ring (bicyclic) bond motifs is 3. The van der Waals surface area contributed by atoms with E-state index in [1.165, 1.54) is 0 Å². The van der Waals surface area contributed by atoms with Gasteiger partial charge in [0, 0.05) is 19.5 Å². The highest BCUT2D eigenvalue weighted by Crippen LogP contribution is 2.38. The van der Waals surface area contributed by atoms with Crippen LogP contribution in [-0.2, 0) is 0 Å². The van der Waals surface area contributed by atoms with Crippen molar-refractivity contribution < 1.29 is 19.1 Å². The van der Waals surface area contributed by atoms with Gasteiger partial charge in [0.1, 0.15) is 11.5 Å². The summed E-state index contributed by atoms with van der Waals surface area (Å²) in [5.74, 6) is 0.858. The lowest BCUT2D eigenvalue weighted by atomic mass is 10.0. The monoisotopic (exact) mass is 288 g/mol. The molecular formula is C15H16N2O4. The molecule has 4 rings (SSSR count). The summed E-state index contributed by atoms with van der Waals surface area (Å²) in [6, 6.07) is 3.30. The average Bonchev–Trinajstić information content (AvgIpc) is 2.96. The van der Waals surface area contributed by atoms with E-state index in [0.717, 1.165) is 19.4 Å². The summed E-state index contributed by atoms with van der Waals surface area (Å²) in [7, 11) is 0. The molecule has 0 aromatic heterocycles. The fraction of sp³-hybridized carbons (Fsp3) is 0.467. The van der Waals surface area contributed by atoms with Gasteiger partial charge in [-0.25, -0.2) is 0 Å². The van der Waals surface area contributed by atoms with Crippen molar-refractivity contribution in [1.29, 1.82) is 0 Å². The molecule has 1 saturated heterocycles. The van der Waals surface area contributed by atoms with Crippen LogP contribution in [0.4, 0.5) is 0 Å². The number of amides is 2. The number of ether oxygens (including phenoxy) is 2. The number of carbonyl (C=O) groups is 2. The molecule has 1 atom stereocenters. The second-order valence-electron chi connectivity index (χ2n) is 5.49. The molecule has 1 fully saturated rings. The van der Waals surface area contributed by atoms with E-state index in [-0.39, 0.29) is 24.8 Å². The van der Waals surface area contributed by atoms with Crippen LogP contribution in [0.25, 0.3) is 0 Å². The zero-order chi connectivity index (χ0) is 14.6. The minimum atomic E-state index is -0.190. The zero-order valence-corrected chi connectivity index (χ0v) is 11.8. The molecule has 1 aromatic rings. The number of hydrogen-bond acceptors (Lipinski definition) is 4. The Balaban J connectivity index is 1.79. The van der Waals surface area contributed by atoms with E-state index in [2.05, 4.69) is 0 Å². The van der Waals surface area contributed by atoms with Crippen LogP contribution in [0, 0.1) is 0 Å². The molecule has 1 unspecified atom stereocenters. The van der Waals surface area contributed by atoms with Gasteiger partial charge in [-0.05, 0) is 25.5 Å². The van der Waals surface area contributed by atoms with Crippen LogP contribution in [0.1, 0.15) is 40.5 Å². The third-order valence-electron chi connectivity index (χ3n) is 4.31. The first-order valence-corrected chi connectivity index (χ1v) is 7.27. The van der Waals surface area contributed by atoms with E-state index < -0.39 is 0 Å². The van der Waals surface area contributed by atoms with Crippen LogP contribution < -0.4 is 9.47 Å². The average molecular weight is 288 g/mol. The van der Waals surface area contributed by atoms with Gasteiger partial charge in [0.2, 0.25) is 0 Å². The lowest BCUT2D eigenvalue weighted by Gasteiger charge is -2.34. The normalized spacial score (nSPS) is 23.2. The van der Waals surface area contributed by atoms with E-state index in [1.54, 1.807) is 21.9 Å². The van der Waals surface area contributed by atoms with Crippen molar-refractivity contribution in [3.63, 3.8) is 0 Å². The predicted molar refractivity (Wildman–Crippen MR) is 73.3 cm³/mol. The van der Waals surface area contributed by atoms with Crippen LogP contribution in [0.15, 0.2) is 12.1 Å². The lowest BCUT2D eigenvalue weighted by molar-refractivity contribution is 0.0284. The Bertz CT molecular complexity index is 643. The standard InChI is InChI=1S/C15H16N2O4/c1-2-16-8-20-11-6-10-12(7-9(11)14(16)18)21-13-4-3-5-17(13)15(10)19/h6-7,13H,2-5,8H2,1H3. The van der Waals surface area contributed by atoms with Gasteiger partial charge in [0.25, 0.3) is 11.8 Å². The Kier molecular flexibility index (Phi) is 2.60. The first kappa shape index (κ1) is 12.5. The highest BCUT2D eigenvalue weighted by Gasteiger charge is 2.39. The van der Waals surface area contributed by atoms with Crippen LogP contribution >= 0.6 is 0 Å². The molecule has 3 aliphatic rings. The topological polar surface area (TPSA) is 59.1 Å². The van der Waals surface area contributed by atoms with Crippen LogP contribution in [0.5, 0.6) is 11.5 Å². The quantitative estimate of drug-likeness (QED) is 0.785. The summed E-state index contributed by atoms with van der Waals surface area (Å²) in [5, 5.41) is 0. The highest BCUT2D eigenvalue weighted by molar-refractivity contribution is 6.03. The molecule has 1 aromatic carbocycles. The summed E-state index contributed by atoms with van der Waals surface area (Å²) in [5.41, 5.74) is 0.964. The molecule has 110 valence electrons. The largest absolute Gasteiger partial charge is 0.472 e. The molecule has 3 heterocycles. The molecule has 0 aliphatic carbocycles. The minimum absolute atomic E-state index is 0.0319. The molecular weight excluding hydrogens is 272 g/mol. The van der Waals surface area contributed by atoms with E-state index >= 15 is 0 Å². The van der Waals surface area contributed by atoms with Gasteiger partial charge in [-0.2, -0.15) is 0 Å². The third kappa shape index (κ3) is 1.71. The fourth-order valence-electron chi connectivity index (χ4n) is 3.11. The Morgan fingerprint density at radius 3 is 2.76 bits per heavy atom. The first-order valence-electron chi connectivity index (χ1n) is 7.27. The van der Waals surface area contributed by atoms with Gasteiger partial charge in [-0.15, -0.1) is 0 Å². The summed E-state index contributed by atoms with van der Waals surface area (Å²) in [4.78, 5) is 28.2. The maximum absolute atomic E-state index is 12.5. The van der Waals surface area contributed by atoms with Crippen molar-refractivity contribution in [1.82, 2.24) is 9.80 Å². The molecule has 3 aliphatic heterocycles. The maximum atomic E-state index is 12.5. The fourth-order valence-corrected chi connectivity index (χ4v) is 3.11. The second kappa shape index (κ2) is 4.38. The predicted octanol–water partition coefficient (Wildman–Crippen LogP) is 1.45. The molecule has 0 radical (unpaired) electrons. The SMILES string of the molecule is CCN1COc2cc3c(cc2C1=O)OC1CCCN1C3=O. The van der Waals surface area contributed by atoms with Gasteiger partial charge in [-0.1, -0.05) is 0 Å². The lowest BCUT2D eigenvalue weighted by Crippen LogP contribution is -2.43. The Labute approximate surface area is 122 Å². The molecule has 21 heavy (non-hydrogen) atoms. The Morgan fingerprint density at radius 2 is 1.95 bits per heavy atom. The number of rotatable bonds is 1. The first-order chi connectivity index (χ1) is 10.2. The van der Waals surface area contributed by atoms with Crippen LogP contribution in [0.3, 0.4) is 0 Å². The molecule has 0 saturated carbocycles. The molecule has 2 amide bonds. The summed E-state index contributed by atoms with van der Waals surface area (Å²) >= 11 is 0. The van der Waals surface area contributed by atoms with Crippen molar-refractivity contribution in [2.45, 2.75) is 26.0 Å². The van der Waals surface area contributed by atoms with E-state index in [9.17, 15) is 9.59 Å². The van der Waals surface area contributed by atoms with Gasteiger partial charge in [0.15, 0.2) is 13.0 Å². The van der Waals surface area contributed by atoms with Crippen molar-refractivity contribution in [3.8, 4) is 11.5 Å². The Hall–Kier alpha value is -2.24. The van der Waals surface area contributed by atoms with Crippen molar-refractivity contribution in [2.24, 2.45) is 0 Å². The smallest absolute Gasteiger partial charge is 0.260 e. The number of nitrogens with zero attached hydrogens (tertiary/aromatic N) is 2. The zero-order valence-electron chi connectivity index (χ0n) is 11.8. The summed E-state index contributed by atoms with van der Waals surface area (Å²) in [6.07, 6.45) is 1.60. The van der Waals surface area contributed by atoms with Gasteiger partial charge in [0.05, 0.1) is 11.1 Å². The Morgan fingerprint density at radius 1 is 1.19 bits per heavy atom. The molecule has 0 bridgehead atoms. The number of hydrogen-bond donors (Lipinski definition) is 0. The highest BCUT2D eigenvalue weighted by atomic mass is 16.5. The van der Waals surface area contributed by atoms with Crippen molar-refractivity contribution in [2.75, 3.05) is 19.8 Å². The van der Waals surface area contributed by atoms with Crippen molar-refractivity contribution in [3.05, 3.63) is 23.3 Å². The summed E-state index contributed by atoms with van der Waals surface area (Å²) < 4.78 is 11.5. The summed E-state index contributed by atoms with van der Waals surface area (Å²) in [6.45, 7) is 3.44. The van der Waals surface area contributed by atoms with Crippen LogP contribution in [-0.4, -0.2) is 47.7 Å². The second-order valence-corrected chi connectivity index (χ2v) is 5.49. The van der Waals surface area contributed by atoms with E-state index in [1.807, 2.05) is 6.92 Å². The molecule has 6 nitrogen and oxygen atoms in total. The number of benzene rings is 1.